The fraction of sp³-hybridized carbons (Fsp3) is 0.0476. The molecule has 0 bridgehead atoms. The monoisotopic (exact) mass is 348 g/mol. The lowest BCUT2D eigenvalue weighted by molar-refractivity contribution is -0.129. The minimum absolute atomic E-state index is 0.345. The second-order valence-electron chi connectivity index (χ2n) is 5.37. The van der Waals surface area contributed by atoms with Crippen molar-refractivity contribution in [3.63, 3.8) is 0 Å². The number of carbonyl (C=O) groups is 2. The van der Waals surface area contributed by atoms with Gasteiger partial charge in [0.1, 0.15) is 17.2 Å². The van der Waals surface area contributed by atoms with Gasteiger partial charge in [-0.05, 0) is 18.2 Å². The van der Waals surface area contributed by atoms with Crippen molar-refractivity contribution in [1.29, 1.82) is 0 Å². The normalized spacial score (nSPS) is 10.3. The van der Waals surface area contributed by atoms with E-state index >= 15 is 0 Å². The number of esters is 2. The quantitative estimate of drug-likeness (QED) is 0.299. The first-order valence-electron chi connectivity index (χ1n) is 7.80. The Balaban J connectivity index is 2.43. The van der Waals surface area contributed by atoms with E-state index in [1.807, 2.05) is 6.07 Å². The Hall–Kier alpha value is -3.60. The highest BCUT2D eigenvalue weighted by Crippen LogP contribution is 2.44. The van der Waals surface area contributed by atoms with E-state index in [4.69, 9.17) is 14.2 Å². The third-order valence-corrected chi connectivity index (χ3v) is 3.87. The molecule has 0 amide bonds. The second kappa shape index (κ2) is 7.11. The zero-order chi connectivity index (χ0) is 18.7. The summed E-state index contributed by atoms with van der Waals surface area (Å²) in [6, 6.07) is 12.4. The van der Waals surface area contributed by atoms with Gasteiger partial charge in [0.15, 0.2) is 0 Å². The molecular formula is C21H16O5. The van der Waals surface area contributed by atoms with Gasteiger partial charge in [-0.1, -0.05) is 37.4 Å². The summed E-state index contributed by atoms with van der Waals surface area (Å²) in [4.78, 5) is 23.7. The van der Waals surface area contributed by atoms with Gasteiger partial charge in [-0.3, -0.25) is 0 Å². The zero-order valence-corrected chi connectivity index (χ0v) is 14.2. The Bertz CT molecular complexity index is 1050. The Morgan fingerprint density at radius 1 is 0.808 bits per heavy atom. The number of fused-ring (bicyclic) bond motifs is 2. The number of rotatable bonds is 5. The van der Waals surface area contributed by atoms with Gasteiger partial charge in [-0.2, -0.15) is 0 Å². The molecule has 5 nitrogen and oxygen atoms in total. The van der Waals surface area contributed by atoms with E-state index in [-0.39, 0.29) is 0 Å². The molecule has 0 spiro atoms. The predicted octanol–water partition coefficient (Wildman–Crippen LogP) is 4.18. The van der Waals surface area contributed by atoms with Crippen molar-refractivity contribution in [2.45, 2.75) is 0 Å². The molecule has 130 valence electrons. The summed E-state index contributed by atoms with van der Waals surface area (Å²) in [7, 11) is 1.54. The SMILES string of the molecule is C=CC(=O)Oc1c2ccccc2c(OC(=O)C=C)c2cc(OC)ccc12. The molecule has 3 aromatic rings. The summed E-state index contributed by atoms with van der Waals surface area (Å²) in [6.07, 6.45) is 2.18. The molecule has 26 heavy (non-hydrogen) atoms. The molecule has 0 aliphatic heterocycles. The first-order chi connectivity index (χ1) is 12.6. The van der Waals surface area contributed by atoms with Crippen molar-refractivity contribution in [3.8, 4) is 17.2 Å². The van der Waals surface area contributed by atoms with Crippen LogP contribution in [0.4, 0.5) is 0 Å². The Labute approximate surface area is 150 Å². The largest absolute Gasteiger partial charge is 0.497 e. The molecule has 3 rings (SSSR count). The van der Waals surface area contributed by atoms with Crippen molar-refractivity contribution in [2.24, 2.45) is 0 Å². The van der Waals surface area contributed by atoms with E-state index in [1.165, 1.54) is 7.11 Å². The summed E-state index contributed by atoms with van der Waals surface area (Å²) in [5.74, 6) is 0.113. The molecule has 0 N–H and O–H groups in total. The lowest BCUT2D eigenvalue weighted by atomic mass is 10.00. The van der Waals surface area contributed by atoms with Gasteiger partial charge in [0.05, 0.1) is 7.11 Å². The predicted molar refractivity (Wildman–Crippen MR) is 99.7 cm³/mol. The zero-order valence-electron chi connectivity index (χ0n) is 14.2. The van der Waals surface area contributed by atoms with Crippen molar-refractivity contribution < 1.29 is 23.8 Å². The summed E-state index contributed by atoms with van der Waals surface area (Å²) in [5.41, 5.74) is 0. The summed E-state index contributed by atoms with van der Waals surface area (Å²) in [5, 5.41) is 2.43. The molecule has 0 fully saturated rings. The average Bonchev–Trinajstić information content (AvgIpc) is 2.69. The molecule has 0 heterocycles. The molecule has 0 unspecified atom stereocenters. The number of hydrogen-bond donors (Lipinski definition) is 0. The molecule has 0 radical (unpaired) electrons. The summed E-state index contributed by atoms with van der Waals surface area (Å²) < 4.78 is 16.3. The van der Waals surface area contributed by atoms with E-state index in [1.54, 1.807) is 36.4 Å². The molecule has 0 aliphatic carbocycles. The Kier molecular flexibility index (Phi) is 4.71. The molecule has 5 heteroatoms. The van der Waals surface area contributed by atoms with E-state index < -0.39 is 11.9 Å². The average molecular weight is 348 g/mol. The highest BCUT2D eigenvalue weighted by atomic mass is 16.5. The van der Waals surface area contributed by atoms with E-state index in [0.717, 1.165) is 12.2 Å². The van der Waals surface area contributed by atoms with Crippen LogP contribution in [0.2, 0.25) is 0 Å². The van der Waals surface area contributed by atoms with Gasteiger partial charge in [-0.25, -0.2) is 9.59 Å². The maximum atomic E-state index is 11.9. The standard InChI is InChI=1S/C21H16O5/c1-4-18(22)25-20-14-8-6-7-9-15(14)21(26-19(23)5-2)17-12-13(24-3)10-11-16(17)20/h4-12H,1-2H2,3H3. The maximum absolute atomic E-state index is 11.9. The number of carbonyl (C=O) groups excluding carboxylic acids is 2. The Morgan fingerprint density at radius 3 is 1.81 bits per heavy atom. The second-order valence-corrected chi connectivity index (χ2v) is 5.37. The first-order valence-corrected chi connectivity index (χ1v) is 7.80. The molecule has 0 aliphatic rings. The van der Waals surface area contributed by atoms with Gasteiger partial charge in [0, 0.05) is 33.7 Å². The smallest absolute Gasteiger partial charge is 0.335 e. The third kappa shape index (κ3) is 3.02. The molecule has 3 aromatic carbocycles. The van der Waals surface area contributed by atoms with E-state index in [0.29, 0.717) is 38.8 Å². The van der Waals surface area contributed by atoms with Crippen LogP contribution in [0.1, 0.15) is 0 Å². The highest BCUT2D eigenvalue weighted by Gasteiger charge is 2.19. The van der Waals surface area contributed by atoms with Crippen LogP contribution in [-0.4, -0.2) is 19.0 Å². The van der Waals surface area contributed by atoms with Crippen LogP contribution in [0.25, 0.3) is 21.5 Å². The minimum Gasteiger partial charge on any atom is -0.497 e. The van der Waals surface area contributed by atoms with Crippen LogP contribution in [-0.2, 0) is 9.59 Å². The van der Waals surface area contributed by atoms with Crippen LogP contribution in [0.15, 0.2) is 67.8 Å². The maximum Gasteiger partial charge on any atom is 0.335 e. The third-order valence-electron chi connectivity index (χ3n) is 3.87. The molecule has 0 saturated carbocycles. The van der Waals surface area contributed by atoms with E-state index in [2.05, 4.69) is 13.2 Å². The molecule has 0 aromatic heterocycles. The number of benzene rings is 3. The first kappa shape index (κ1) is 17.2. The fourth-order valence-corrected chi connectivity index (χ4v) is 2.71. The molecule has 0 saturated heterocycles. The van der Waals surface area contributed by atoms with Crippen LogP contribution in [0, 0.1) is 0 Å². The Morgan fingerprint density at radius 2 is 1.31 bits per heavy atom. The number of methoxy groups -OCH3 is 1. The van der Waals surface area contributed by atoms with Crippen molar-refractivity contribution in [3.05, 3.63) is 67.8 Å². The van der Waals surface area contributed by atoms with Gasteiger partial charge in [0.25, 0.3) is 0 Å². The van der Waals surface area contributed by atoms with Gasteiger partial charge < -0.3 is 14.2 Å². The van der Waals surface area contributed by atoms with Crippen LogP contribution in [0.3, 0.4) is 0 Å². The van der Waals surface area contributed by atoms with Crippen LogP contribution in [0.5, 0.6) is 17.2 Å². The van der Waals surface area contributed by atoms with Crippen LogP contribution < -0.4 is 14.2 Å². The van der Waals surface area contributed by atoms with Gasteiger partial charge >= 0.3 is 11.9 Å². The topological polar surface area (TPSA) is 61.8 Å². The lowest BCUT2D eigenvalue weighted by Gasteiger charge is -2.16. The summed E-state index contributed by atoms with van der Waals surface area (Å²) >= 11 is 0. The van der Waals surface area contributed by atoms with Gasteiger partial charge in [0.2, 0.25) is 0 Å². The van der Waals surface area contributed by atoms with Crippen molar-refractivity contribution in [1.82, 2.24) is 0 Å². The number of hydrogen-bond acceptors (Lipinski definition) is 5. The highest BCUT2D eigenvalue weighted by molar-refractivity contribution is 6.13. The van der Waals surface area contributed by atoms with Gasteiger partial charge in [-0.15, -0.1) is 0 Å². The number of ether oxygens (including phenoxy) is 3. The van der Waals surface area contributed by atoms with Crippen molar-refractivity contribution >= 4 is 33.5 Å². The van der Waals surface area contributed by atoms with Crippen molar-refractivity contribution in [2.75, 3.05) is 7.11 Å². The summed E-state index contributed by atoms with van der Waals surface area (Å²) in [6.45, 7) is 6.88. The minimum atomic E-state index is -0.588. The lowest BCUT2D eigenvalue weighted by Crippen LogP contribution is -2.07. The fourth-order valence-electron chi connectivity index (χ4n) is 2.71. The molecule has 0 atom stereocenters. The molecular weight excluding hydrogens is 332 g/mol. The van der Waals surface area contributed by atoms with E-state index in [9.17, 15) is 9.59 Å². The van der Waals surface area contributed by atoms with Crippen LogP contribution >= 0.6 is 0 Å².